The minimum atomic E-state index is -0.271. The van der Waals surface area contributed by atoms with Crippen LogP contribution in [0.3, 0.4) is 0 Å². The van der Waals surface area contributed by atoms with Crippen LogP contribution in [0.2, 0.25) is 5.15 Å². The third-order valence-corrected chi connectivity index (χ3v) is 3.59. The molecule has 1 aromatic carbocycles. The number of halogens is 1. The van der Waals surface area contributed by atoms with E-state index in [-0.39, 0.29) is 12.5 Å². The predicted octanol–water partition coefficient (Wildman–Crippen LogP) is 2.65. The fraction of sp³-hybridized carbons (Fsp3) is 0.333. The number of carbonyl (C=O) groups excluding carboxylic acids is 1. The predicted molar refractivity (Wildman–Crippen MR) is 82.8 cm³/mol. The Hall–Kier alpha value is -1.85. The Morgan fingerprint density at radius 3 is 2.57 bits per heavy atom. The molecule has 0 spiro atoms. The molecule has 2 aromatic rings. The van der Waals surface area contributed by atoms with Crippen molar-refractivity contribution in [2.75, 3.05) is 11.9 Å². The molecule has 2 rings (SSSR count). The number of nitrogens with zero attached hydrogens (tertiary/aromatic N) is 2. The van der Waals surface area contributed by atoms with Crippen molar-refractivity contribution >= 4 is 23.2 Å². The Bertz CT molecular complexity index is 635. The summed E-state index contributed by atoms with van der Waals surface area (Å²) in [5.41, 5.74) is 2.71. The molecule has 1 amide bonds. The van der Waals surface area contributed by atoms with E-state index in [0.29, 0.717) is 35.1 Å². The number of anilines is 1. The van der Waals surface area contributed by atoms with Crippen molar-refractivity contribution in [1.29, 1.82) is 0 Å². The van der Waals surface area contributed by atoms with Crippen LogP contribution in [-0.2, 0) is 13.0 Å². The molecule has 0 saturated heterocycles. The zero-order valence-electron chi connectivity index (χ0n) is 12.1. The van der Waals surface area contributed by atoms with Crippen molar-refractivity contribution in [3.63, 3.8) is 0 Å². The largest absolute Gasteiger partial charge is 0.396 e. The van der Waals surface area contributed by atoms with Crippen molar-refractivity contribution < 1.29 is 9.90 Å². The van der Waals surface area contributed by atoms with Gasteiger partial charge in [0.25, 0.3) is 5.91 Å². The fourth-order valence-corrected chi connectivity index (χ4v) is 2.48. The van der Waals surface area contributed by atoms with Crippen molar-refractivity contribution in [1.82, 2.24) is 9.78 Å². The minimum Gasteiger partial charge on any atom is -0.396 e. The number of carbonyl (C=O) groups is 1. The number of hydrogen-bond donors (Lipinski definition) is 2. The lowest BCUT2D eigenvalue weighted by atomic mass is 10.1. The van der Waals surface area contributed by atoms with Crippen LogP contribution in [0.4, 0.5) is 5.69 Å². The molecule has 0 aliphatic rings. The van der Waals surface area contributed by atoms with E-state index in [1.807, 2.05) is 19.1 Å². The van der Waals surface area contributed by atoms with Crippen LogP contribution in [0.15, 0.2) is 24.3 Å². The fourth-order valence-electron chi connectivity index (χ4n) is 2.10. The second-order valence-electron chi connectivity index (χ2n) is 4.69. The smallest absolute Gasteiger partial charge is 0.260 e. The van der Waals surface area contributed by atoms with Crippen LogP contribution in [0.25, 0.3) is 0 Å². The van der Waals surface area contributed by atoms with Gasteiger partial charge in [0, 0.05) is 18.8 Å². The van der Waals surface area contributed by atoms with Crippen molar-refractivity contribution in [2.45, 2.75) is 26.8 Å². The Labute approximate surface area is 128 Å². The molecule has 0 aliphatic heterocycles. The summed E-state index contributed by atoms with van der Waals surface area (Å²) in [5, 5.41) is 16.3. The van der Waals surface area contributed by atoms with Gasteiger partial charge in [-0.05, 0) is 38.0 Å². The van der Waals surface area contributed by atoms with Gasteiger partial charge in [0.2, 0.25) is 0 Å². The molecule has 0 radical (unpaired) electrons. The van der Waals surface area contributed by atoms with Crippen LogP contribution in [-0.4, -0.2) is 27.4 Å². The Balaban J connectivity index is 2.16. The third kappa shape index (κ3) is 3.43. The molecule has 0 saturated carbocycles. The average Bonchev–Trinajstić information content (AvgIpc) is 2.75. The van der Waals surface area contributed by atoms with Gasteiger partial charge in [0.05, 0.1) is 11.3 Å². The maximum atomic E-state index is 12.3. The summed E-state index contributed by atoms with van der Waals surface area (Å²) in [4.78, 5) is 12.3. The van der Waals surface area contributed by atoms with E-state index >= 15 is 0 Å². The van der Waals surface area contributed by atoms with Crippen LogP contribution in [0, 0.1) is 6.92 Å². The number of aliphatic hydroxyl groups is 1. The summed E-state index contributed by atoms with van der Waals surface area (Å²) in [6.07, 6.45) is 0.600. The van der Waals surface area contributed by atoms with Crippen molar-refractivity contribution in [3.05, 3.63) is 46.2 Å². The minimum absolute atomic E-state index is 0.108. The van der Waals surface area contributed by atoms with Crippen molar-refractivity contribution in [2.24, 2.45) is 0 Å². The Morgan fingerprint density at radius 2 is 2.05 bits per heavy atom. The van der Waals surface area contributed by atoms with Gasteiger partial charge in [0.1, 0.15) is 5.15 Å². The van der Waals surface area contributed by atoms with Gasteiger partial charge >= 0.3 is 0 Å². The molecule has 0 atom stereocenters. The number of rotatable bonds is 5. The standard InChI is InChI=1S/C15H18ClN3O2/c1-3-19-14(16)13(10(2)18-19)15(21)17-12-6-4-11(5-7-12)8-9-20/h4-7,20H,3,8-9H2,1-2H3,(H,17,21). The van der Waals surface area contributed by atoms with E-state index in [9.17, 15) is 4.79 Å². The summed E-state index contributed by atoms with van der Waals surface area (Å²) in [5.74, 6) is -0.271. The Kier molecular flexibility index (Phi) is 4.98. The molecule has 1 heterocycles. The van der Waals surface area contributed by atoms with Gasteiger partial charge in [-0.3, -0.25) is 9.48 Å². The highest BCUT2D eigenvalue weighted by Crippen LogP contribution is 2.21. The first-order valence-electron chi connectivity index (χ1n) is 6.80. The van der Waals surface area contributed by atoms with Gasteiger partial charge in [-0.25, -0.2) is 0 Å². The lowest BCUT2D eigenvalue weighted by Gasteiger charge is -2.06. The highest BCUT2D eigenvalue weighted by molar-refractivity contribution is 6.33. The summed E-state index contributed by atoms with van der Waals surface area (Å²) in [7, 11) is 0. The number of aliphatic hydroxyl groups excluding tert-OH is 1. The van der Waals surface area contributed by atoms with E-state index in [4.69, 9.17) is 16.7 Å². The molecule has 112 valence electrons. The molecule has 0 fully saturated rings. The number of benzene rings is 1. The maximum absolute atomic E-state index is 12.3. The number of hydrogen-bond acceptors (Lipinski definition) is 3. The first-order valence-corrected chi connectivity index (χ1v) is 7.18. The van der Waals surface area contributed by atoms with Crippen LogP contribution >= 0.6 is 11.6 Å². The molecular formula is C15H18ClN3O2. The topological polar surface area (TPSA) is 67.2 Å². The number of aryl methyl sites for hydroxylation is 2. The van der Waals surface area contributed by atoms with Gasteiger partial charge in [0.15, 0.2) is 0 Å². The van der Waals surface area contributed by atoms with E-state index in [1.165, 1.54) is 0 Å². The number of amides is 1. The van der Waals surface area contributed by atoms with Crippen LogP contribution in [0.5, 0.6) is 0 Å². The summed E-state index contributed by atoms with van der Waals surface area (Å²) in [6.45, 7) is 4.40. The highest BCUT2D eigenvalue weighted by Gasteiger charge is 2.19. The maximum Gasteiger partial charge on any atom is 0.260 e. The molecular weight excluding hydrogens is 290 g/mol. The SMILES string of the molecule is CCn1nc(C)c(C(=O)Nc2ccc(CCO)cc2)c1Cl. The monoisotopic (exact) mass is 307 g/mol. The summed E-state index contributed by atoms with van der Waals surface area (Å²) in [6, 6.07) is 7.35. The molecule has 0 bridgehead atoms. The second kappa shape index (κ2) is 6.74. The third-order valence-electron chi connectivity index (χ3n) is 3.20. The van der Waals surface area contributed by atoms with Gasteiger partial charge in [-0.15, -0.1) is 0 Å². The molecule has 21 heavy (non-hydrogen) atoms. The van der Waals surface area contributed by atoms with Crippen LogP contribution in [0.1, 0.15) is 28.5 Å². The molecule has 2 N–H and O–H groups in total. The first-order chi connectivity index (χ1) is 10.1. The van der Waals surface area contributed by atoms with E-state index < -0.39 is 0 Å². The molecule has 6 heteroatoms. The van der Waals surface area contributed by atoms with Gasteiger partial charge < -0.3 is 10.4 Å². The van der Waals surface area contributed by atoms with E-state index in [1.54, 1.807) is 23.7 Å². The Morgan fingerprint density at radius 1 is 1.38 bits per heavy atom. The summed E-state index contributed by atoms with van der Waals surface area (Å²) >= 11 is 6.17. The van der Waals surface area contributed by atoms with Crippen molar-refractivity contribution in [3.8, 4) is 0 Å². The van der Waals surface area contributed by atoms with E-state index in [0.717, 1.165) is 5.56 Å². The van der Waals surface area contributed by atoms with E-state index in [2.05, 4.69) is 10.4 Å². The molecule has 5 nitrogen and oxygen atoms in total. The molecule has 1 aromatic heterocycles. The lowest BCUT2D eigenvalue weighted by Crippen LogP contribution is -2.13. The normalized spacial score (nSPS) is 10.7. The highest BCUT2D eigenvalue weighted by atomic mass is 35.5. The quantitative estimate of drug-likeness (QED) is 0.892. The number of aromatic nitrogens is 2. The van der Waals surface area contributed by atoms with Gasteiger partial charge in [-0.2, -0.15) is 5.10 Å². The zero-order chi connectivity index (χ0) is 15.4. The first kappa shape index (κ1) is 15.5. The zero-order valence-corrected chi connectivity index (χ0v) is 12.8. The average molecular weight is 308 g/mol. The number of nitrogens with one attached hydrogen (secondary N) is 1. The molecule has 0 unspecified atom stereocenters. The lowest BCUT2D eigenvalue weighted by molar-refractivity contribution is 0.102. The summed E-state index contributed by atoms with van der Waals surface area (Å²) < 4.78 is 1.59. The second-order valence-corrected chi connectivity index (χ2v) is 5.05. The molecule has 0 aliphatic carbocycles. The van der Waals surface area contributed by atoms with Gasteiger partial charge in [-0.1, -0.05) is 23.7 Å². The van der Waals surface area contributed by atoms with Crippen LogP contribution < -0.4 is 5.32 Å².